The van der Waals surface area contributed by atoms with E-state index in [4.69, 9.17) is 11.6 Å². The third-order valence-electron chi connectivity index (χ3n) is 3.82. The van der Waals surface area contributed by atoms with Crippen LogP contribution in [0.25, 0.3) is 5.69 Å². The first-order valence-corrected chi connectivity index (χ1v) is 9.93. The Morgan fingerprint density at radius 1 is 1.14 bits per heavy atom. The first-order valence-electron chi connectivity index (χ1n) is 8.07. The van der Waals surface area contributed by atoms with Gasteiger partial charge in [-0.15, -0.1) is 0 Å². The van der Waals surface area contributed by atoms with Gasteiger partial charge in [-0.2, -0.15) is 13.9 Å². The summed E-state index contributed by atoms with van der Waals surface area (Å²) in [6.45, 7) is 0.624. The lowest BCUT2D eigenvalue weighted by atomic mass is 10.2. The van der Waals surface area contributed by atoms with Crippen molar-refractivity contribution in [1.29, 1.82) is 0 Å². The van der Waals surface area contributed by atoms with Crippen LogP contribution in [0.2, 0.25) is 5.02 Å². The molecule has 6 nitrogen and oxygen atoms in total. The van der Waals surface area contributed by atoms with E-state index in [1.165, 1.54) is 0 Å². The number of hydrogen-bond acceptors (Lipinski definition) is 4. The Labute approximate surface area is 165 Å². The number of halogens is 3. The lowest BCUT2D eigenvalue weighted by Gasteiger charge is -2.14. The van der Waals surface area contributed by atoms with Crippen LogP contribution < -0.4 is 9.46 Å². The maximum absolute atomic E-state index is 12.8. The average Bonchev–Trinajstić information content (AvgIpc) is 2.94. The molecule has 0 fully saturated rings. The van der Waals surface area contributed by atoms with Crippen molar-refractivity contribution in [3.8, 4) is 11.4 Å². The largest absolute Gasteiger partial charge is 0.433 e. The number of alkyl halides is 2. The van der Waals surface area contributed by atoms with E-state index in [9.17, 15) is 17.2 Å². The van der Waals surface area contributed by atoms with Crippen LogP contribution in [-0.4, -0.2) is 24.8 Å². The van der Waals surface area contributed by atoms with Crippen molar-refractivity contribution in [3.05, 3.63) is 64.9 Å². The molecule has 0 aliphatic heterocycles. The van der Waals surface area contributed by atoms with Crippen LogP contribution in [0, 0.1) is 13.8 Å². The standard InChI is InChI=1S/C18H16ClF2N3O3S/c1-11-9-12(2)24(22-11)16-6-4-3-5-15(16)23-28(25,26)13-7-8-17(14(19)10-13)27-18(20)21/h3-10,18,23H,1-2H3. The molecule has 3 rings (SSSR count). The highest BCUT2D eigenvalue weighted by atomic mass is 35.5. The molecule has 28 heavy (non-hydrogen) atoms. The van der Waals surface area contributed by atoms with Gasteiger partial charge in [-0.1, -0.05) is 23.7 Å². The molecule has 0 spiro atoms. The van der Waals surface area contributed by atoms with Gasteiger partial charge in [0.1, 0.15) is 5.75 Å². The smallest absolute Gasteiger partial charge is 0.387 e. The summed E-state index contributed by atoms with van der Waals surface area (Å²) in [7, 11) is -4.04. The molecule has 0 aliphatic carbocycles. The number of ether oxygens (including phenoxy) is 1. The highest BCUT2D eigenvalue weighted by Crippen LogP contribution is 2.30. The van der Waals surface area contributed by atoms with E-state index in [-0.39, 0.29) is 15.7 Å². The van der Waals surface area contributed by atoms with E-state index in [0.29, 0.717) is 11.4 Å². The molecular formula is C18H16ClF2N3O3S. The molecule has 0 aliphatic rings. The third-order valence-corrected chi connectivity index (χ3v) is 5.47. The second-order valence-corrected chi connectivity index (χ2v) is 8.02. The molecular weight excluding hydrogens is 412 g/mol. The van der Waals surface area contributed by atoms with Gasteiger partial charge in [-0.3, -0.25) is 4.72 Å². The number of benzene rings is 2. The molecule has 148 valence electrons. The van der Waals surface area contributed by atoms with Crippen LogP contribution in [0.5, 0.6) is 5.75 Å². The Hall–Kier alpha value is -2.65. The molecule has 2 aromatic carbocycles. The lowest BCUT2D eigenvalue weighted by molar-refractivity contribution is -0.0498. The van der Waals surface area contributed by atoms with E-state index >= 15 is 0 Å². The number of nitrogens with zero attached hydrogens (tertiary/aromatic N) is 2. The zero-order chi connectivity index (χ0) is 20.5. The molecule has 0 bridgehead atoms. The van der Waals surface area contributed by atoms with Crippen LogP contribution in [0.3, 0.4) is 0 Å². The number of nitrogens with one attached hydrogen (secondary N) is 1. The number of hydrogen-bond donors (Lipinski definition) is 1. The number of aryl methyl sites for hydroxylation is 2. The Bertz CT molecular complexity index is 1120. The summed E-state index contributed by atoms with van der Waals surface area (Å²) < 4.78 is 58.6. The molecule has 0 amide bonds. The second kappa shape index (κ2) is 7.76. The topological polar surface area (TPSA) is 73.2 Å². The van der Waals surface area contributed by atoms with Crippen molar-refractivity contribution in [2.24, 2.45) is 0 Å². The Morgan fingerprint density at radius 3 is 2.46 bits per heavy atom. The summed E-state index contributed by atoms with van der Waals surface area (Å²) in [5, 5.41) is 4.13. The molecule has 0 radical (unpaired) electrons. The van der Waals surface area contributed by atoms with Crippen LogP contribution >= 0.6 is 11.6 Å². The summed E-state index contributed by atoms with van der Waals surface area (Å²) in [5.74, 6) is -0.307. The monoisotopic (exact) mass is 427 g/mol. The van der Waals surface area contributed by atoms with Crippen LogP contribution in [0.15, 0.2) is 53.4 Å². The minimum atomic E-state index is -4.04. The van der Waals surface area contributed by atoms with E-state index in [1.54, 1.807) is 28.9 Å². The zero-order valence-corrected chi connectivity index (χ0v) is 16.4. The molecule has 1 N–H and O–H groups in total. The summed E-state index contributed by atoms with van der Waals surface area (Å²) >= 11 is 5.87. The lowest BCUT2D eigenvalue weighted by Crippen LogP contribution is -2.15. The van der Waals surface area contributed by atoms with Crippen molar-refractivity contribution < 1.29 is 21.9 Å². The van der Waals surface area contributed by atoms with Gasteiger partial charge in [0.15, 0.2) is 0 Å². The Morgan fingerprint density at radius 2 is 1.86 bits per heavy atom. The first kappa shape index (κ1) is 20.1. The SMILES string of the molecule is Cc1cc(C)n(-c2ccccc2NS(=O)(=O)c2ccc(OC(F)F)c(Cl)c2)n1. The fourth-order valence-corrected chi connectivity index (χ4v) is 4.05. The van der Waals surface area contributed by atoms with Gasteiger partial charge >= 0.3 is 6.61 Å². The number of para-hydroxylation sites is 2. The fourth-order valence-electron chi connectivity index (χ4n) is 2.66. The van der Waals surface area contributed by atoms with Crippen molar-refractivity contribution in [3.63, 3.8) is 0 Å². The molecule has 0 unspecified atom stereocenters. The van der Waals surface area contributed by atoms with Gasteiger partial charge in [0.05, 0.1) is 27.0 Å². The molecule has 1 aromatic heterocycles. The van der Waals surface area contributed by atoms with Crippen molar-refractivity contribution in [2.45, 2.75) is 25.4 Å². The zero-order valence-electron chi connectivity index (χ0n) is 14.9. The van der Waals surface area contributed by atoms with Gasteiger partial charge in [0.2, 0.25) is 0 Å². The molecule has 0 saturated carbocycles. The fraction of sp³-hybridized carbons (Fsp3) is 0.167. The minimum absolute atomic E-state index is 0.192. The quantitative estimate of drug-likeness (QED) is 0.626. The molecule has 10 heteroatoms. The highest BCUT2D eigenvalue weighted by molar-refractivity contribution is 7.92. The van der Waals surface area contributed by atoms with Gasteiger partial charge in [0, 0.05) is 5.69 Å². The Kier molecular flexibility index (Phi) is 5.57. The number of anilines is 1. The molecule has 1 heterocycles. The van der Waals surface area contributed by atoms with Crippen molar-refractivity contribution in [2.75, 3.05) is 4.72 Å². The molecule has 3 aromatic rings. The van der Waals surface area contributed by atoms with E-state index in [1.807, 2.05) is 19.9 Å². The first-order chi connectivity index (χ1) is 13.2. The molecule has 0 atom stereocenters. The summed E-state index contributed by atoms with van der Waals surface area (Å²) in [6.07, 6.45) is 0. The maximum Gasteiger partial charge on any atom is 0.387 e. The number of rotatable bonds is 6. The van der Waals surface area contributed by atoms with E-state index in [2.05, 4.69) is 14.6 Å². The van der Waals surface area contributed by atoms with Gasteiger partial charge < -0.3 is 4.74 Å². The normalized spacial score (nSPS) is 11.6. The van der Waals surface area contributed by atoms with Gasteiger partial charge in [0.25, 0.3) is 10.0 Å². The minimum Gasteiger partial charge on any atom is -0.433 e. The highest BCUT2D eigenvalue weighted by Gasteiger charge is 2.20. The van der Waals surface area contributed by atoms with E-state index < -0.39 is 16.6 Å². The van der Waals surface area contributed by atoms with Crippen molar-refractivity contribution in [1.82, 2.24) is 9.78 Å². The number of sulfonamides is 1. The van der Waals surface area contributed by atoms with E-state index in [0.717, 1.165) is 29.6 Å². The van der Waals surface area contributed by atoms with Gasteiger partial charge in [-0.05, 0) is 50.2 Å². The van der Waals surface area contributed by atoms with Crippen LogP contribution in [0.4, 0.5) is 14.5 Å². The summed E-state index contributed by atoms with van der Waals surface area (Å²) in [5.41, 5.74) is 2.47. The second-order valence-electron chi connectivity index (χ2n) is 5.93. The number of aromatic nitrogens is 2. The maximum atomic E-state index is 12.8. The summed E-state index contributed by atoms with van der Waals surface area (Å²) in [4.78, 5) is -0.192. The third kappa shape index (κ3) is 4.26. The predicted octanol–water partition coefficient (Wildman–Crippen LogP) is 4.54. The van der Waals surface area contributed by atoms with Crippen LogP contribution in [-0.2, 0) is 10.0 Å². The predicted molar refractivity (Wildman–Crippen MR) is 102 cm³/mol. The van der Waals surface area contributed by atoms with Gasteiger partial charge in [-0.25, -0.2) is 13.1 Å². The van der Waals surface area contributed by atoms with Crippen LogP contribution in [0.1, 0.15) is 11.4 Å². The molecule has 0 saturated heterocycles. The van der Waals surface area contributed by atoms with Crippen molar-refractivity contribution >= 4 is 27.3 Å². The Balaban J connectivity index is 1.96. The summed E-state index contributed by atoms with van der Waals surface area (Å²) in [6, 6.07) is 11.9. The average molecular weight is 428 g/mol.